The Morgan fingerprint density at radius 1 is 1.47 bits per heavy atom. The Bertz CT molecular complexity index is 465. The van der Waals surface area contributed by atoms with Crippen LogP contribution in [0.3, 0.4) is 0 Å². The monoisotopic (exact) mass is 280 g/mol. The molecule has 0 aromatic heterocycles. The van der Waals surface area contributed by atoms with Gasteiger partial charge in [-0.1, -0.05) is 6.42 Å². The number of phenols is 1. The van der Waals surface area contributed by atoms with Crippen molar-refractivity contribution in [2.24, 2.45) is 0 Å². The predicted molar refractivity (Wildman–Crippen MR) is 79.5 cm³/mol. The first kappa shape index (κ1) is 14.1. The number of aromatic hydroxyl groups is 1. The van der Waals surface area contributed by atoms with Crippen LogP contribution in [0.15, 0.2) is 18.2 Å². The molecule has 2 atom stereocenters. The van der Waals surface area contributed by atoms with Crippen LogP contribution >= 0.6 is 11.8 Å². The Balaban J connectivity index is 1.98. The van der Waals surface area contributed by atoms with E-state index >= 15 is 0 Å². The maximum absolute atomic E-state index is 12.1. The number of rotatable bonds is 3. The van der Waals surface area contributed by atoms with Crippen molar-refractivity contribution >= 4 is 23.4 Å². The topological polar surface area (TPSA) is 75.4 Å². The van der Waals surface area contributed by atoms with Crippen molar-refractivity contribution in [1.82, 2.24) is 5.32 Å². The van der Waals surface area contributed by atoms with Gasteiger partial charge < -0.3 is 16.2 Å². The molecular weight excluding hydrogens is 260 g/mol. The highest BCUT2D eigenvalue weighted by molar-refractivity contribution is 7.99. The summed E-state index contributed by atoms with van der Waals surface area (Å²) >= 11 is 1.87. The lowest BCUT2D eigenvalue weighted by Gasteiger charge is -2.28. The van der Waals surface area contributed by atoms with E-state index in [1.165, 1.54) is 12.5 Å². The summed E-state index contributed by atoms with van der Waals surface area (Å²) in [6.07, 6.45) is 6.56. The molecule has 104 valence electrons. The maximum Gasteiger partial charge on any atom is 0.251 e. The van der Waals surface area contributed by atoms with Crippen molar-refractivity contribution in [3.63, 3.8) is 0 Å². The summed E-state index contributed by atoms with van der Waals surface area (Å²) in [6, 6.07) is 4.84. The molecule has 2 unspecified atom stereocenters. The molecule has 4 N–H and O–H groups in total. The zero-order valence-corrected chi connectivity index (χ0v) is 11.9. The van der Waals surface area contributed by atoms with E-state index in [0.29, 0.717) is 10.8 Å². The van der Waals surface area contributed by atoms with Crippen molar-refractivity contribution in [1.29, 1.82) is 0 Å². The first-order valence-corrected chi connectivity index (χ1v) is 7.81. The van der Waals surface area contributed by atoms with Crippen LogP contribution in [0, 0.1) is 0 Å². The fourth-order valence-electron chi connectivity index (χ4n) is 2.44. The molecule has 0 aliphatic heterocycles. The van der Waals surface area contributed by atoms with E-state index in [-0.39, 0.29) is 23.4 Å². The van der Waals surface area contributed by atoms with Crippen molar-refractivity contribution in [2.75, 3.05) is 12.0 Å². The fourth-order valence-corrected chi connectivity index (χ4v) is 3.27. The smallest absolute Gasteiger partial charge is 0.251 e. The van der Waals surface area contributed by atoms with Crippen molar-refractivity contribution in [3.8, 4) is 5.75 Å². The van der Waals surface area contributed by atoms with Gasteiger partial charge in [0.05, 0.1) is 5.69 Å². The number of nitrogens with two attached hydrogens (primary N) is 1. The highest BCUT2D eigenvalue weighted by Gasteiger charge is 2.23. The van der Waals surface area contributed by atoms with Crippen LogP contribution in [-0.4, -0.2) is 28.6 Å². The quantitative estimate of drug-likeness (QED) is 0.587. The van der Waals surface area contributed by atoms with E-state index in [1.54, 1.807) is 12.1 Å². The number of carbonyl (C=O) groups is 1. The summed E-state index contributed by atoms with van der Waals surface area (Å²) in [6.45, 7) is 0. The van der Waals surface area contributed by atoms with Crippen LogP contribution in [0.4, 0.5) is 5.69 Å². The fraction of sp³-hybridized carbons (Fsp3) is 0.500. The Labute approximate surface area is 117 Å². The summed E-state index contributed by atoms with van der Waals surface area (Å²) in [5.74, 6) is -0.180. The highest BCUT2D eigenvalue weighted by atomic mass is 32.2. The van der Waals surface area contributed by atoms with Gasteiger partial charge in [0.1, 0.15) is 5.75 Å². The molecule has 1 aliphatic rings. The SMILES string of the molecule is CSC1CCCC(NC(=O)c2ccc(N)c(O)c2)C1. The molecule has 1 aromatic rings. The standard InChI is InChI=1S/C14H20N2O2S/c1-19-11-4-2-3-10(8-11)16-14(18)9-5-6-12(15)13(17)7-9/h5-7,10-11,17H,2-4,8,15H2,1H3,(H,16,18). The Morgan fingerprint density at radius 2 is 2.26 bits per heavy atom. The normalized spacial score (nSPS) is 23.0. The molecule has 1 amide bonds. The van der Waals surface area contributed by atoms with Gasteiger partial charge in [0.15, 0.2) is 0 Å². The van der Waals surface area contributed by atoms with E-state index in [0.717, 1.165) is 19.3 Å². The van der Waals surface area contributed by atoms with Crippen LogP contribution in [0.1, 0.15) is 36.0 Å². The summed E-state index contributed by atoms with van der Waals surface area (Å²) in [5.41, 5.74) is 6.27. The molecule has 1 aromatic carbocycles. The third-order valence-corrected chi connectivity index (χ3v) is 4.68. The van der Waals surface area contributed by atoms with E-state index in [4.69, 9.17) is 5.73 Å². The number of nitrogen functional groups attached to an aromatic ring is 1. The molecule has 2 rings (SSSR count). The second kappa shape index (κ2) is 6.19. The minimum absolute atomic E-state index is 0.0433. The number of hydrogen-bond acceptors (Lipinski definition) is 4. The lowest BCUT2D eigenvalue weighted by molar-refractivity contribution is 0.0928. The number of hydrogen-bond donors (Lipinski definition) is 3. The van der Waals surface area contributed by atoms with Crippen LogP contribution in [0.5, 0.6) is 5.75 Å². The Hall–Kier alpha value is -1.36. The number of benzene rings is 1. The summed E-state index contributed by atoms with van der Waals surface area (Å²) in [5, 5.41) is 13.2. The van der Waals surface area contributed by atoms with Gasteiger partial charge in [0, 0.05) is 16.9 Å². The van der Waals surface area contributed by atoms with Gasteiger partial charge in [-0.3, -0.25) is 4.79 Å². The molecule has 1 aliphatic carbocycles. The van der Waals surface area contributed by atoms with Crippen molar-refractivity contribution in [3.05, 3.63) is 23.8 Å². The number of thioether (sulfide) groups is 1. The van der Waals surface area contributed by atoms with E-state index in [1.807, 2.05) is 11.8 Å². The molecule has 5 heteroatoms. The molecule has 0 radical (unpaired) electrons. The molecule has 19 heavy (non-hydrogen) atoms. The maximum atomic E-state index is 12.1. The third-order valence-electron chi connectivity index (χ3n) is 3.59. The second-order valence-corrected chi connectivity index (χ2v) is 6.11. The number of phenolic OH excluding ortho intramolecular Hbond substituents is 1. The average Bonchev–Trinajstić information content (AvgIpc) is 2.42. The summed E-state index contributed by atoms with van der Waals surface area (Å²) < 4.78 is 0. The average molecular weight is 280 g/mol. The van der Waals surface area contributed by atoms with E-state index in [2.05, 4.69) is 11.6 Å². The minimum Gasteiger partial charge on any atom is -0.506 e. The molecule has 1 fully saturated rings. The number of amides is 1. The first-order chi connectivity index (χ1) is 9.10. The molecule has 4 nitrogen and oxygen atoms in total. The third kappa shape index (κ3) is 3.56. The molecule has 0 bridgehead atoms. The second-order valence-electron chi connectivity index (χ2n) is 4.97. The highest BCUT2D eigenvalue weighted by Crippen LogP contribution is 2.27. The molecular formula is C14H20N2O2S. The predicted octanol–water partition coefficient (Wildman–Crippen LogP) is 2.38. The zero-order chi connectivity index (χ0) is 13.8. The van der Waals surface area contributed by atoms with Gasteiger partial charge in [-0.15, -0.1) is 0 Å². The first-order valence-electron chi connectivity index (χ1n) is 6.52. The van der Waals surface area contributed by atoms with Gasteiger partial charge in [0.25, 0.3) is 5.91 Å². The van der Waals surface area contributed by atoms with Crippen LogP contribution in [0.2, 0.25) is 0 Å². The summed E-state index contributed by atoms with van der Waals surface area (Å²) in [4.78, 5) is 12.1. The molecule has 0 saturated heterocycles. The van der Waals surface area contributed by atoms with Crippen LogP contribution in [-0.2, 0) is 0 Å². The van der Waals surface area contributed by atoms with E-state index in [9.17, 15) is 9.90 Å². The largest absolute Gasteiger partial charge is 0.506 e. The number of anilines is 1. The molecule has 1 saturated carbocycles. The van der Waals surface area contributed by atoms with Crippen molar-refractivity contribution < 1.29 is 9.90 Å². The Morgan fingerprint density at radius 3 is 2.95 bits per heavy atom. The van der Waals surface area contributed by atoms with Gasteiger partial charge in [-0.25, -0.2) is 0 Å². The number of carbonyl (C=O) groups excluding carboxylic acids is 1. The van der Waals surface area contributed by atoms with Gasteiger partial charge >= 0.3 is 0 Å². The molecule has 0 spiro atoms. The van der Waals surface area contributed by atoms with Gasteiger partial charge in [-0.2, -0.15) is 11.8 Å². The van der Waals surface area contributed by atoms with E-state index < -0.39 is 0 Å². The Kier molecular flexibility index (Phi) is 4.58. The van der Waals surface area contributed by atoms with Gasteiger partial charge in [-0.05, 0) is 43.7 Å². The van der Waals surface area contributed by atoms with Crippen molar-refractivity contribution in [2.45, 2.75) is 37.0 Å². The lowest BCUT2D eigenvalue weighted by atomic mass is 9.94. The summed E-state index contributed by atoms with van der Waals surface area (Å²) in [7, 11) is 0. The number of nitrogens with one attached hydrogen (secondary N) is 1. The van der Waals surface area contributed by atoms with Gasteiger partial charge in [0.2, 0.25) is 0 Å². The zero-order valence-electron chi connectivity index (χ0n) is 11.1. The minimum atomic E-state index is -0.137. The lowest BCUT2D eigenvalue weighted by Crippen LogP contribution is -2.39. The molecule has 0 heterocycles. The van der Waals surface area contributed by atoms with Crippen LogP contribution < -0.4 is 11.1 Å². The van der Waals surface area contributed by atoms with Crippen LogP contribution in [0.25, 0.3) is 0 Å².